The predicted octanol–water partition coefficient (Wildman–Crippen LogP) is 3.44. The van der Waals surface area contributed by atoms with Crippen molar-refractivity contribution in [3.05, 3.63) is 59.0 Å². The van der Waals surface area contributed by atoms with E-state index in [1.165, 1.54) is 31.4 Å². The number of methoxy groups -OCH3 is 1. The van der Waals surface area contributed by atoms with Gasteiger partial charge in [0.05, 0.1) is 17.7 Å². The third-order valence-electron chi connectivity index (χ3n) is 2.66. The lowest BCUT2D eigenvalue weighted by Crippen LogP contribution is -2.13. The van der Waals surface area contributed by atoms with Gasteiger partial charge in [-0.3, -0.25) is 4.72 Å². The van der Waals surface area contributed by atoms with Crippen LogP contribution in [0.15, 0.2) is 58.5 Å². The fourth-order valence-corrected chi connectivity index (χ4v) is 2.75. The minimum Gasteiger partial charge on any atom is -0.495 e. The van der Waals surface area contributed by atoms with E-state index >= 15 is 0 Å². The first-order chi connectivity index (χ1) is 10.1. The molecule has 0 spiro atoms. The summed E-state index contributed by atoms with van der Waals surface area (Å²) in [5.74, 6) is 0.423. The van der Waals surface area contributed by atoms with Crippen LogP contribution in [0.3, 0.4) is 0 Å². The normalized spacial score (nSPS) is 10.5. The zero-order valence-corrected chi connectivity index (χ0v) is 11.9. The van der Waals surface area contributed by atoms with Crippen LogP contribution in [0, 0.1) is 0 Å². The standard InChI is InChI=1S/C13H12N4O3S/c1-20-13-5-3-2-4-12(13)16-21(18,19)11-8-6-10(7-9-11)15-17-14/h2-9,16H,1H3. The van der Waals surface area contributed by atoms with Crippen molar-refractivity contribution in [3.63, 3.8) is 0 Å². The summed E-state index contributed by atoms with van der Waals surface area (Å²) in [5.41, 5.74) is 9.00. The van der Waals surface area contributed by atoms with E-state index in [4.69, 9.17) is 10.3 Å². The molecule has 0 atom stereocenters. The highest BCUT2D eigenvalue weighted by atomic mass is 32.2. The van der Waals surface area contributed by atoms with Gasteiger partial charge in [-0.1, -0.05) is 29.4 Å². The largest absolute Gasteiger partial charge is 0.495 e. The minimum atomic E-state index is -3.74. The molecule has 0 aromatic heterocycles. The Morgan fingerprint density at radius 3 is 2.43 bits per heavy atom. The maximum Gasteiger partial charge on any atom is 0.262 e. The second-order valence-electron chi connectivity index (χ2n) is 3.99. The average molecular weight is 304 g/mol. The van der Waals surface area contributed by atoms with Crippen LogP contribution in [0.5, 0.6) is 5.75 Å². The molecular formula is C13H12N4O3S. The van der Waals surface area contributed by atoms with Gasteiger partial charge in [0.15, 0.2) is 0 Å². The Morgan fingerprint density at radius 1 is 1.14 bits per heavy atom. The molecule has 21 heavy (non-hydrogen) atoms. The van der Waals surface area contributed by atoms with Crippen molar-refractivity contribution in [2.24, 2.45) is 5.11 Å². The van der Waals surface area contributed by atoms with E-state index < -0.39 is 10.0 Å². The van der Waals surface area contributed by atoms with Crippen LogP contribution >= 0.6 is 0 Å². The highest BCUT2D eigenvalue weighted by molar-refractivity contribution is 7.92. The lowest BCUT2D eigenvalue weighted by Gasteiger charge is -2.11. The molecule has 0 bridgehead atoms. The van der Waals surface area contributed by atoms with Crippen molar-refractivity contribution < 1.29 is 13.2 Å². The highest BCUT2D eigenvalue weighted by Gasteiger charge is 2.15. The molecule has 0 amide bonds. The van der Waals surface area contributed by atoms with E-state index in [1.807, 2.05) is 0 Å². The fourth-order valence-electron chi connectivity index (χ4n) is 1.68. The van der Waals surface area contributed by atoms with Crippen LogP contribution in [-0.4, -0.2) is 15.5 Å². The number of ether oxygens (including phenoxy) is 1. The third-order valence-corrected chi connectivity index (χ3v) is 4.04. The lowest BCUT2D eigenvalue weighted by molar-refractivity contribution is 0.417. The molecule has 2 rings (SSSR count). The number of para-hydroxylation sites is 2. The maximum atomic E-state index is 12.3. The summed E-state index contributed by atoms with van der Waals surface area (Å²) < 4.78 is 32.1. The summed E-state index contributed by atoms with van der Waals surface area (Å²) in [4.78, 5) is 2.69. The quantitative estimate of drug-likeness (QED) is 0.519. The second-order valence-corrected chi connectivity index (χ2v) is 5.67. The first-order valence-corrected chi connectivity index (χ1v) is 7.36. The van der Waals surface area contributed by atoms with Gasteiger partial charge >= 0.3 is 0 Å². The molecule has 0 saturated carbocycles. The summed E-state index contributed by atoms with van der Waals surface area (Å²) in [6.45, 7) is 0. The Morgan fingerprint density at radius 2 is 1.81 bits per heavy atom. The monoisotopic (exact) mass is 304 g/mol. The molecule has 0 aliphatic carbocycles. The van der Waals surface area contributed by atoms with Gasteiger partial charge in [0, 0.05) is 10.6 Å². The molecular weight excluding hydrogens is 292 g/mol. The average Bonchev–Trinajstić information content (AvgIpc) is 2.48. The molecule has 2 aromatic carbocycles. The first-order valence-electron chi connectivity index (χ1n) is 5.88. The van der Waals surface area contributed by atoms with Gasteiger partial charge in [-0.2, -0.15) is 0 Å². The second kappa shape index (κ2) is 6.17. The van der Waals surface area contributed by atoms with Crippen molar-refractivity contribution in [1.82, 2.24) is 0 Å². The predicted molar refractivity (Wildman–Crippen MR) is 79.1 cm³/mol. The summed E-state index contributed by atoms with van der Waals surface area (Å²) in [7, 11) is -2.28. The number of azide groups is 1. The van der Waals surface area contributed by atoms with Crippen LogP contribution in [0.2, 0.25) is 0 Å². The maximum absolute atomic E-state index is 12.3. The van der Waals surface area contributed by atoms with E-state index in [1.54, 1.807) is 24.3 Å². The lowest BCUT2D eigenvalue weighted by atomic mass is 10.3. The van der Waals surface area contributed by atoms with E-state index in [9.17, 15) is 8.42 Å². The van der Waals surface area contributed by atoms with Gasteiger partial charge in [-0.25, -0.2) is 8.42 Å². The summed E-state index contributed by atoms with van der Waals surface area (Å²) in [5, 5.41) is 3.39. The Kier molecular flexibility index (Phi) is 4.32. The third kappa shape index (κ3) is 3.44. The minimum absolute atomic E-state index is 0.0605. The molecule has 7 nitrogen and oxygen atoms in total. The van der Waals surface area contributed by atoms with Crippen molar-refractivity contribution in [2.45, 2.75) is 4.90 Å². The molecule has 0 aliphatic heterocycles. The Balaban J connectivity index is 2.31. The molecule has 108 valence electrons. The first kappa shape index (κ1) is 14.7. The van der Waals surface area contributed by atoms with Gasteiger partial charge < -0.3 is 4.74 Å². The van der Waals surface area contributed by atoms with Gasteiger partial charge in [0.25, 0.3) is 10.0 Å². The molecule has 1 N–H and O–H groups in total. The van der Waals surface area contributed by atoms with Crippen LogP contribution in [-0.2, 0) is 10.0 Å². The molecule has 0 aliphatic rings. The van der Waals surface area contributed by atoms with Crippen molar-refractivity contribution in [1.29, 1.82) is 0 Å². The number of nitrogens with zero attached hydrogens (tertiary/aromatic N) is 3. The Labute approximate surface area is 121 Å². The summed E-state index contributed by atoms with van der Waals surface area (Å²) in [6.07, 6.45) is 0. The number of nitrogens with one attached hydrogen (secondary N) is 1. The molecule has 0 radical (unpaired) electrons. The van der Waals surface area contributed by atoms with Crippen LogP contribution in [0.25, 0.3) is 10.4 Å². The van der Waals surface area contributed by atoms with E-state index in [0.717, 1.165) is 0 Å². The summed E-state index contributed by atoms with van der Waals surface area (Å²) in [6, 6.07) is 12.3. The topological polar surface area (TPSA) is 104 Å². The zero-order valence-electron chi connectivity index (χ0n) is 11.1. The molecule has 0 saturated heterocycles. The van der Waals surface area contributed by atoms with Gasteiger partial charge in [0.2, 0.25) is 0 Å². The summed E-state index contributed by atoms with van der Waals surface area (Å²) >= 11 is 0. The fraction of sp³-hybridized carbons (Fsp3) is 0.0769. The Hall–Kier alpha value is -2.70. The molecule has 0 heterocycles. The SMILES string of the molecule is COc1ccccc1NS(=O)(=O)c1ccc(N=[N+]=[N-])cc1. The zero-order chi connectivity index (χ0) is 15.3. The Bertz CT molecular complexity index is 781. The number of anilines is 1. The number of hydrogen-bond donors (Lipinski definition) is 1. The van der Waals surface area contributed by atoms with Crippen LogP contribution in [0.4, 0.5) is 11.4 Å². The van der Waals surface area contributed by atoms with Crippen molar-refractivity contribution in [2.75, 3.05) is 11.8 Å². The molecule has 0 unspecified atom stereocenters. The van der Waals surface area contributed by atoms with E-state index in [0.29, 0.717) is 17.1 Å². The number of hydrogen-bond acceptors (Lipinski definition) is 4. The van der Waals surface area contributed by atoms with Crippen molar-refractivity contribution in [3.8, 4) is 5.75 Å². The smallest absolute Gasteiger partial charge is 0.262 e. The van der Waals surface area contributed by atoms with Crippen LogP contribution in [0.1, 0.15) is 0 Å². The van der Waals surface area contributed by atoms with E-state index in [-0.39, 0.29) is 4.90 Å². The number of benzene rings is 2. The number of sulfonamides is 1. The van der Waals surface area contributed by atoms with Gasteiger partial charge in [0.1, 0.15) is 5.75 Å². The molecule has 8 heteroatoms. The highest BCUT2D eigenvalue weighted by Crippen LogP contribution is 2.26. The van der Waals surface area contributed by atoms with Gasteiger partial charge in [-0.15, -0.1) is 0 Å². The van der Waals surface area contributed by atoms with Crippen molar-refractivity contribution >= 4 is 21.4 Å². The molecule has 2 aromatic rings. The van der Waals surface area contributed by atoms with E-state index in [2.05, 4.69) is 14.7 Å². The van der Waals surface area contributed by atoms with Gasteiger partial charge in [-0.05, 0) is 29.8 Å². The molecule has 0 fully saturated rings. The number of rotatable bonds is 5. The van der Waals surface area contributed by atoms with Crippen LogP contribution < -0.4 is 9.46 Å².